The van der Waals surface area contributed by atoms with Crippen LogP contribution in [0.5, 0.6) is 0 Å². The van der Waals surface area contributed by atoms with Crippen LogP contribution in [0.3, 0.4) is 0 Å². The van der Waals surface area contributed by atoms with Gasteiger partial charge in [0.1, 0.15) is 0 Å². The van der Waals surface area contributed by atoms with Gasteiger partial charge in [0, 0.05) is 5.92 Å². The van der Waals surface area contributed by atoms with Crippen molar-refractivity contribution in [2.24, 2.45) is 0 Å². The molecule has 3 rings (SSSR count). The second kappa shape index (κ2) is 5.15. The fourth-order valence-electron chi connectivity index (χ4n) is 2.27. The molecule has 1 aliphatic carbocycles. The number of nitrogens with zero attached hydrogens (tertiary/aromatic N) is 2. The Balaban J connectivity index is 0.000000963. The summed E-state index contributed by atoms with van der Waals surface area (Å²) in [6.45, 7) is 1.08. The van der Waals surface area contributed by atoms with E-state index in [0.717, 1.165) is 24.7 Å². The Hall–Kier alpha value is -0.610. The maximum Gasteiger partial charge on any atom is 0.233 e. The largest absolute Gasteiger partial charge is 0.423 e. The fraction of sp³-hybridized carbons (Fsp3) is 0.818. The van der Waals surface area contributed by atoms with Gasteiger partial charge < -0.3 is 9.73 Å². The first-order valence-electron chi connectivity index (χ1n) is 6.00. The van der Waals surface area contributed by atoms with Crippen LogP contribution in [0.2, 0.25) is 0 Å². The smallest absolute Gasteiger partial charge is 0.233 e. The van der Waals surface area contributed by atoms with Crippen molar-refractivity contribution in [3.8, 4) is 0 Å². The molecule has 1 N–H and O–H groups in total. The lowest BCUT2D eigenvalue weighted by Gasteiger charge is -2.22. The van der Waals surface area contributed by atoms with Gasteiger partial charge in [0.2, 0.25) is 11.8 Å². The first-order valence-corrected chi connectivity index (χ1v) is 6.00. The zero-order valence-corrected chi connectivity index (χ0v) is 10.1. The lowest BCUT2D eigenvalue weighted by molar-refractivity contribution is 0.292. The summed E-state index contributed by atoms with van der Waals surface area (Å²) in [6, 6.07) is 0.306. The maximum atomic E-state index is 5.74. The van der Waals surface area contributed by atoms with E-state index in [2.05, 4.69) is 15.5 Å². The summed E-state index contributed by atoms with van der Waals surface area (Å²) in [7, 11) is 0. The molecular formula is C11H18ClN3O. The molecule has 16 heavy (non-hydrogen) atoms. The van der Waals surface area contributed by atoms with Gasteiger partial charge in [0.15, 0.2) is 0 Å². The molecule has 1 unspecified atom stereocenters. The second-order valence-electron chi connectivity index (χ2n) is 4.61. The summed E-state index contributed by atoms with van der Waals surface area (Å²) in [5, 5.41) is 11.7. The van der Waals surface area contributed by atoms with Crippen LogP contribution in [0.15, 0.2) is 4.42 Å². The molecule has 1 aromatic heterocycles. The Morgan fingerprint density at radius 2 is 1.81 bits per heavy atom. The first kappa shape index (κ1) is 11.9. The van der Waals surface area contributed by atoms with E-state index in [0.29, 0.717) is 12.0 Å². The van der Waals surface area contributed by atoms with Gasteiger partial charge in [0.05, 0.1) is 6.04 Å². The number of aromatic nitrogens is 2. The van der Waals surface area contributed by atoms with Crippen molar-refractivity contribution >= 4 is 12.4 Å². The van der Waals surface area contributed by atoms with Crippen molar-refractivity contribution in [2.45, 2.75) is 50.5 Å². The fourth-order valence-corrected chi connectivity index (χ4v) is 2.27. The summed E-state index contributed by atoms with van der Waals surface area (Å²) in [5.74, 6) is 2.22. The van der Waals surface area contributed by atoms with Crippen LogP contribution in [0.4, 0.5) is 0 Å². The standard InChI is InChI=1S/C11H17N3O.ClH/c1-2-7-12-9(6-1)11-14-13-10(15-11)8-4-3-5-8;/h8-9,12H,1-7H2;1H. The summed E-state index contributed by atoms with van der Waals surface area (Å²) >= 11 is 0. The van der Waals surface area contributed by atoms with Crippen molar-refractivity contribution < 1.29 is 4.42 Å². The van der Waals surface area contributed by atoms with E-state index in [1.54, 1.807) is 0 Å². The quantitative estimate of drug-likeness (QED) is 0.868. The van der Waals surface area contributed by atoms with Crippen molar-refractivity contribution in [1.82, 2.24) is 15.5 Å². The van der Waals surface area contributed by atoms with Gasteiger partial charge in [-0.05, 0) is 32.2 Å². The molecule has 2 aliphatic rings. The lowest BCUT2D eigenvalue weighted by Crippen LogP contribution is -2.26. The normalized spacial score (nSPS) is 25.9. The highest BCUT2D eigenvalue weighted by molar-refractivity contribution is 5.85. The van der Waals surface area contributed by atoms with E-state index >= 15 is 0 Å². The molecule has 0 radical (unpaired) electrons. The van der Waals surface area contributed by atoms with Crippen LogP contribution in [0, 0.1) is 0 Å². The van der Waals surface area contributed by atoms with Crippen LogP contribution in [0.1, 0.15) is 62.3 Å². The number of halogens is 1. The Bertz CT molecular complexity index is 332. The lowest BCUT2D eigenvalue weighted by atomic mass is 9.85. The number of piperidine rings is 1. The van der Waals surface area contributed by atoms with Gasteiger partial charge >= 0.3 is 0 Å². The van der Waals surface area contributed by atoms with Gasteiger partial charge in [-0.25, -0.2) is 0 Å². The van der Waals surface area contributed by atoms with Crippen molar-refractivity contribution in [2.75, 3.05) is 6.54 Å². The third-order valence-corrected chi connectivity index (χ3v) is 3.52. The summed E-state index contributed by atoms with van der Waals surface area (Å²) in [4.78, 5) is 0. The predicted octanol–water partition coefficient (Wildman–Crippen LogP) is 2.57. The van der Waals surface area contributed by atoms with Crippen molar-refractivity contribution in [1.29, 1.82) is 0 Å². The van der Waals surface area contributed by atoms with Gasteiger partial charge in [-0.3, -0.25) is 0 Å². The Kier molecular flexibility index (Phi) is 3.82. The molecule has 1 saturated heterocycles. The first-order chi connectivity index (χ1) is 7.43. The van der Waals surface area contributed by atoms with E-state index in [1.165, 1.54) is 32.1 Å². The van der Waals surface area contributed by atoms with Crippen molar-refractivity contribution in [3.05, 3.63) is 11.8 Å². The Morgan fingerprint density at radius 1 is 1.00 bits per heavy atom. The molecule has 1 atom stereocenters. The third-order valence-electron chi connectivity index (χ3n) is 3.52. The maximum absolute atomic E-state index is 5.74. The van der Waals surface area contributed by atoms with Gasteiger partial charge in [0.25, 0.3) is 0 Å². The van der Waals surface area contributed by atoms with Gasteiger partial charge in [-0.2, -0.15) is 0 Å². The molecule has 1 saturated carbocycles. The number of hydrogen-bond donors (Lipinski definition) is 1. The van der Waals surface area contributed by atoms with E-state index < -0.39 is 0 Å². The molecule has 90 valence electrons. The highest BCUT2D eigenvalue weighted by Gasteiger charge is 2.27. The van der Waals surface area contributed by atoms with Crippen LogP contribution >= 0.6 is 12.4 Å². The molecule has 0 spiro atoms. The third kappa shape index (κ3) is 2.23. The molecule has 1 aliphatic heterocycles. The summed E-state index contributed by atoms with van der Waals surface area (Å²) in [6.07, 6.45) is 7.41. The highest BCUT2D eigenvalue weighted by atomic mass is 35.5. The van der Waals surface area contributed by atoms with E-state index in [1.807, 2.05) is 0 Å². The molecule has 2 heterocycles. The predicted molar refractivity (Wildman–Crippen MR) is 62.7 cm³/mol. The number of hydrogen-bond acceptors (Lipinski definition) is 4. The molecular weight excluding hydrogens is 226 g/mol. The molecule has 0 bridgehead atoms. The zero-order chi connectivity index (χ0) is 10.1. The second-order valence-corrected chi connectivity index (χ2v) is 4.61. The minimum atomic E-state index is 0. The van der Waals surface area contributed by atoms with Crippen LogP contribution in [-0.2, 0) is 0 Å². The Morgan fingerprint density at radius 3 is 2.44 bits per heavy atom. The van der Waals surface area contributed by atoms with Crippen molar-refractivity contribution in [3.63, 3.8) is 0 Å². The highest BCUT2D eigenvalue weighted by Crippen LogP contribution is 2.36. The topological polar surface area (TPSA) is 51.0 Å². The zero-order valence-electron chi connectivity index (χ0n) is 9.32. The van der Waals surface area contributed by atoms with Crippen LogP contribution in [-0.4, -0.2) is 16.7 Å². The monoisotopic (exact) mass is 243 g/mol. The van der Waals surface area contributed by atoms with Gasteiger partial charge in [-0.15, -0.1) is 22.6 Å². The number of nitrogens with one attached hydrogen (secondary N) is 1. The van der Waals surface area contributed by atoms with E-state index in [9.17, 15) is 0 Å². The van der Waals surface area contributed by atoms with Crippen LogP contribution < -0.4 is 5.32 Å². The summed E-state index contributed by atoms with van der Waals surface area (Å²) in [5.41, 5.74) is 0. The van der Waals surface area contributed by atoms with E-state index in [-0.39, 0.29) is 12.4 Å². The minimum Gasteiger partial charge on any atom is -0.423 e. The average Bonchev–Trinajstić information content (AvgIpc) is 2.66. The molecule has 2 fully saturated rings. The van der Waals surface area contributed by atoms with E-state index in [4.69, 9.17) is 4.42 Å². The molecule has 0 aromatic carbocycles. The molecule has 5 heteroatoms. The molecule has 1 aromatic rings. The summed E-state index contributed by atoms with van der Waals surface area (Å²) < 4.78 is 5.74. The molecule has 0 amide bonds. The average molecular weight is 244 g/mol. The van der Waals surface area contributed by atoms with Gasteiger partial charge in [-0.1, -0.05) is 12.8 Å². The minimum absolute atomic E-state index is 0. The Labute approximate surface area is 102 Å². The van der Waals surface area contributed by atoms with Crippen LogP contribution in [0.25, 0.3) is 0 Å². The SMILES string of the molecule is C1CCC(c2nnc(C3CCC3)o2)NC1.Cl. The number of rotatable bonds is 2. The molecule has 4 nitrogen and oxygen atoms in total.